The van der Waals surface area contributed by atoms with Crippen molar-refractivity contribution in [2.24, 2.45) is 0 Å². The first-order valence-corrected chi connectivity index (χ1v) is 11.1. The van der Waals surface area contributed by atoms with Gasteiger partial charge in [0.25, 0.3) is 5.91 Å². The Morgan fingerprint density at radius 3 is 2.68 bits per heavy atom. The fourth-order valence-corrected chi connectivity index (χ4v) is 3.92. The Morgan fingerprint density at radius 1 is 1.00 bits per heavy atom. The molecule has 0 aliphatic rings. The summed E-state index contributed by atoms with van der Waals surface area (Å²) in [5, 5.41) is 4.00. The summed E-state index contributed by atoms with van der Waals surface area (Å²) in [6, 6.07) is 17.3. The molecule has 0 spiro atoms. The van der Waals surface area contributed by atoms with Crippen molar-refractivity contribution < 1.29 is 9.21 Å². The highest BCUT2D eigenvalue weighted by Gasteiger charge is 2.12. The Morgan fingerprint density at radius 2 is 1.87 bits per heavy atom. The minimum atomic E-state index is -0.173. The van der Waals surface area contributed by atoms with Crippen LogP contribution in [0.4, 0.5) is 0 Å². The zero-order chi connectivity index (χ0) is 21.6. The van der Waals surface area contributed by atoms with E-state index in [1.54, 1.807) is 12.1 Å². The summed E-state index contributed by atoms with van der Waals surface area (Å²) in [6.45, 7) is 1.31. The summed E-state index contributed by atoms with van der Waals surface area (Å²) in [4.78, 5) is 16.7. The van der Waals surface area contributed by atoms with Crippen LogP contribution in [0.5, 0.6) is 0 Å². The molecule has 0 fully saturated rings. The third kappa shape index (κ3) is 5.30. The van der Waals surface area contributed by atoms with Crippen molar-refractivity contribution >= 4 is 40.1 Å². The molecule has 1 N–H and O–H groups in total. The molecule has 0 aliphatic carbocycles. The van der Waals surface area contributed by atoms with Gasteiger partial charge in [0.1, 0.15) is 5.82 Å². The molecule has 0 bridgehead atoms. The number of halogens is 2. The largest absolute Gasteiger partial charge is 0.459 e. The Balaban J connectivity index is 1.36. The van der Waals surface area contributed by atoms with Crippen LogP contribution in [0, 0.1) is 0 Å². The van der Waals surface area contributed by atoms with Crippen LogP contribution in [0.2, 0.25) is 10.0 Å². The SMILES string of the molecule is O=C(NCCCCCc1nc2ccccc2n1Cc1ccc(Cl)c(Cl)c1)c1ccco1. The van der Waals surface area contributed by atoms with E-state index >= 15 is 0 Å². The molecule has 0 saturated carbocycles. The average Bonchev–Trinajstić information content (AvgIpc) is 3.42. The zero-order valence-electron chi connectivity index (χ0n) is 17.0. The Kier molecular flexibility index (Phi) is 6.95. The number of unbranched alkanes of at least 4 members (excludes halogenated alkanes) is 2. The number of nitrogens with one attached hydrogen (secondary N) is 1. The smallest absolute Gasteiger partial charge is 0.286 e. The van der Waals surface area contributed by atoms with Gasteiger partial charge in [-0.1, -0.05) is 47.8 Å². The zero-order valence-corrected chi connectivity index (χ0v) is 18.5. The summed E-state index contributed by atoms with van der Waals surface area (Å²) in [5.41, 5.74) is 3.18. The molecule has 4 rings (SSSR count). The van der Waals surface area contributed by atoms with Crippen molar-refractivity contribution in [2.45, 2.75) is 32.2 Å². The molecule has 5 nitrogen and oxygen atoms in total. The van der Waals surface area contributed by atoms with Crippen molar-refractivity contribution in [2.75, 3.05) is 6.54 Å². The molecular weight excluding hydrogens is 433 g/mol. The highest BCUT2D eigenvalue weighted by atomic mass is 35.5. The summed E-state index contributed by atoms with van der Waals surface area (Å²) in [7, 11) is 0. The number of imidazole rings is 1. The van der Waals surface area contributed by atoms with Crippen molar-refractivity contribution in [1.29, 1.82) is 0 Å². The Bertz CT molecular complexity index is 1170. The number of benzene rings is 2. The summed E-state index contributed by atoms with van der Waals surface area (Å²) >= 11 is 12.3. The highest BCUT2D eigenvalue weighted by Crippen LogP contribution is 2.25. The van der Waals surface area contributed by atoms with Gasteiger partial charge < -0.3 is 14.3 Å². The molecule has 0 atom stereocenters. The first-order valence-electron chi connectivity index (χ1n) is 10.3. The number of furan rings is 1. The minimum absolute atomic E-state index is 0.173. The number of carbonyl (C=O) groups is 1. The number of carbonyl (C=O) groups excluding carboxylic acids is 1. The van der Waals surface area contributed by atoms with E-state index in [1.807, 2.05) is 36.4 Å². The van der Waals surface area contributed by atoms with Crippen LogP contribution >= 0.6 is 23.2 Å². The molecule has 0 saturated heterocycles. The number of amides is 1. The van der Waals surface area contributed by atoms with Crippen molar-refractivity contribution in [3.63, 3.8) is 0 Å². The van der Waals surface area contributed by atoms with E-state index in [0.29, 0.717) is 28.9 Å². The molecule has 0 aliphatic heterocycles. The van der Waals surface area contributed by atoms with E-state index in [2.05, 4.69) is 16.0 Å². The number of hydrogen-bond acceptors (Lipinski definition) is 3. The molecule has 0 unspecified atom stereocenters. The minimum Gasteiger partial charge on any atom is -0.459 e. The number of para-hydroxylation sites is 2. The van der Waals surface area contributed by atoms with Crippen LogP contribution in [-0.2, 0) is 13.0 Å². The molecular formula is C24H23Cl2N3O2. The summed E-state index contributed by atoms with van der Waals surface area (Å²) in [5.74, 6) is 1.22. The second-order valence-corrected chi connectivity index (χ2v) is 8.21. The normalized spacial score (nSPS) is 11.2. The lowest BCUT2D eigenvalue weighted by atomic mass is 10.1. The standard InChI is InChI=1S/C24H23Cl2N3O2/c25-18-12-11-17(15-19(18)26)16-29-21-8-4-3-7-20(21)28-23(29)10-2-1-5-13-27-24(30)22-9-6-14-31-22/h3-4,6-9,11-12,14-15H,1-2,5,10,13,16H2,(H,27,30). The number of nitrogens with zero attached hydrogens (tertiary/aromatic N) is 2. The molecule has 7 heteroatoms. The van der Waals surface area contributed by atoms with Gasteiger partial charge in [-0.25, -0.2) is 4.98 Å². The number of fused-ring (bicyclic) bond motifs is 1. The molecule has 31 heavy (non-hydrogen) atoms. The molecule has 1 amide bonds. The van der Waals surface area contributed by atoms with Gasteiger partial charge in [-0.15, -0.1) is 0 Å². The average molecular weight is 456 g/mol. The maximum absolute atomic E-state index is 11.9. The van der Waals surface area contributed by atoms with Gasteiger partial charge in [-0.2, -0.15) is 0 Å². The third-order valence-electron chi connectivity index (χ3n) is 5.17. The van der Waals surface area contributed by atoms with Gasteiger partial charge in [0.15, 0.2) is 5.76 Å². The maximum atomic E-state index is 11.9. The first kappa shape index (κ1) is 21.5. The number of hydrogen-bond donors (Lipinski definition) is 1. The van der Waals surface area contributed by atoms with Gasteiger partial charge in [-0.3, -0.25) is 4.79 Å². The summed E-state index contributed by atoms with van der Waals surface area (Å²) in [6.07, 6.45) is 5.25. The predicted octanol–water partition coefficient (Wildman–Crippen LogP) is 6.13. The predicted molar refractivity (Wildman–Crippen MR) is 124 cm³/mol. The quantitative estimate of drug-likeness (QED) is 0.309. The molecule has 4 aromatic rings. The fourth-order valence-electron chi connectivity index (χ4n) is 3.59. The van der Waals surface area contributed by atoms with Crippen LogP contribution < -0.4 is 5.32 Å². The van der Waals surface area contributed by atoms with E-state index in [1.165, 1.54) is 6.26 Å². The third-order valence-corrected chi connectivity index (χ3v) is 5.91. The van der Waals surface area contributed by atoms with E-state index in [0.717, 1.165) is 48.1 Å². The number of aryl methyl sites for hydroxylation is 1. The van der Waals surface area contributed by atoms with Gasteiger partial charge >= 0.3 is 0 Å². The maximum Gasteiger partial charge on any atom is 0.286 e. The molecule has 2 heterocycles. The van der Waals surface area contributed by atoms with Crippen LogP contribution in [0.25, 0.3) is 11.0 Å². The molecule has 2 aromatic heterocycles. The van der Waals surface area contributed by atoms with Gasteiger partial charge in [0, 0.05) is 19.5 Å². The molecule has 0 radical (unpaired) electrons. The van der Waals surface area contributed by atoms with Crippen molar-refractivity contribution in [1.82, 2.24) is 14.9 Å². The lowest BCUT2D eigenvalue weighted by Gasteiger charge is -2.10. The Hall–Kier alpha value is -2.76. The number of aromatic nitrogens is 2. The topological polar surface area (TPSA) is 60.1 Å². The summed E-state index contributed by atoms with van der Waals surface area (Å²) < 4.78 is 7.34. The molecule has 160 valence electrons. The van der Waals surface area contributed by atoms with Crippen LogP contribution in [0.3, 0.4) is 0 Å². The van der Waals surface area contributed by atoms with E-state index in [4.69, 9.17) is 32.6 Å². The van der Waals surface area contributed by atoms with Crippen molar-refractivity contribution in [3.05, 3.63) is 88.1 Å². The van der Waals surface area contributed by atoms with Crippen LogP contribution in [0.15, 0.2) is 65.3 Å². The lowest BCUT2D eigenvalue weighted by Crippen LogP contribution is -2.23. The van der Waals surface area contributed by atoms with E-state index in [9.17, 15) is 4.79 Å². The highest BCUT2D eigenvalue weighted by molar-refractivity contribution is 6.42. The van der Waals surface area contributed by atoms with Gasteiger partial charge in [0.05, 0.1) is 27.3 Å². The van der Waals surface area contributed by atoms with Gasteiger partial charge in [-0.05, 0) is 54.8 Å². The van der Waals surface area contributed by atoms with Crippen LogP contribution in [0.1, 0.15) is 41.2 Å². The first-order chi connectivity index (χ1) is 15.1. The monoisotopic (exact) mass is 455 g/mol. The Labute approximate surface area is 191 Å². The van der Waals surface area contributed by atoms with E-state index < -0.39 is 0 Å². The van der Waals surface area contributed by atoms with E-state index in [-0.39, 0.29) is 5.91 Å². The van der Waals surface area contributed by atoms with Crippen molar-refractivity contribution in [3.8, 4) is 0 Å². The fraction of sp³-hybridized carbons (Fsp3) is 0.250. The second-order valence-electron chi connectivity index (χ2n) is 7.40. The van der Waals surface area contributed by atoms with Gasteiger partial charge in [0.2, 0.25) is 0 Å². The molecule has 2 aromatic carbocycles. The lowest BCUT2D eigenvalue weighted by molar-refractivity contribution is 0.0925. The van der Waals surface area contributed by atoms with Crippen LogP contribution in [-0.4, -0.2) is 22.0 Å². The second kappa shape index (κ2) is 10.0. The number of rotatable bonds is 9.